The van der Waals surface area contributed by atoms with Crippen LogP contribution in [0.4, 0.5) is 0 Å². The first kappa shape index (κ1) is 16.2. The fourth-order valence-electron chi connectivity index (χ4n) is 3.30. The van der Waals surface area contributed by atoms with Crippen LogP contribution < -0.4 is 4.74 Å². The Kier molecular flexibility index (Phi) is 4.11. The van der Waals surface area contributed by atoms with Crippen molar-refractivity contribution in [3.63, 3.8) is 0 Å². The van der Waals surface area contributed by atoms with Gasteiger partial charge in [0, 0.05) is 23.9 Å². The molecule has 0 aliphatic rings. The molecule has 3 aromatic carbocycles. The van der Waals surface area contributed by atoms with Crippen LogP contribution in [0, 0.1) is 0 Å². The van der Waals surface area contributed by atoms with Crippen molar-refractivity contribution in [2.45, 2.75) is 13.5 Å². The molecule has 0 saturated heterocycles. The van der Waals surface area contributed by atoms with Crippen molar-refractivity contribution in [1.82, 2.24) is 4.98 Å². The number of aliphatic hydroxyl groups excluding tert-OH is 1. The van der Waals surface area contributed by atoms with E-state index in [4.69, 9.17) is 4.74 Å². The number of aliphatic hydroxyl groups is 1. The molecule has 0 unspecified atom stereocenters. The van der Waals surface area contributed by atoms with Crippen molar-refractivity contribution >= 4 is 27.6 Å². The first-order valence-electron chi connectivity index (χ1n) is 8.37. The fraction of sp³-hybridized carbons (Fsp3) is 0.0909. The summed E-state index contributed by atoms with van der Waals surface area (Å²) in [4.78, 5) is 15.8. The van der Waals surface area contributed by atoms with E-state index < -0.39 is 5.97 Å². The van der Waals surface area contributed by atoms with Gasteiger partial charge in [0.05, 0.1) is 12.1 Å². The minimum atomic E-state index is -0.396. The Labute approximate surface area is 150 Å². The Bertz CT molecular complexity index is 1130. The molecule has 0 aliphatic heterocycles. The molecule has 0 saturated carbocycles. The zero-order valence-electron chi connectivity index (χ0n) is 14.3. The second-order valence-corrected chi connectivity index (χ2v) is 6.10. The number of hydrogen-bond acceptors (Lipinski definition) is 4. The Balaban J connectivity index is 2.00. The van der Waals surface area contributed by atoms with Gasteiger partial charge in [-0.2, -0.15) is 0 Å². The van der Waals surface area contributed by atoms with Crippen LogP contribution in [0.25, 0.3) is 32.8 Å². The number of rotatable bonds is 3. The summed E-state index contributed by atoms with van der Waals surface area (Å²) in [7, 11) is 0. The summed E-state index contributed by atoms with van der Waals surface area (Å²) in [6.07, 6.45) is 0. The van der Waals surface area contributed by atoms with E-state index in [0.717, 1.165) is 38.4 Å². The van der Waals surface area contributed by atoms with Gasteiger partial charge in [-0.1, -0.05) is 54.6 Å². The molecule has 128 valence electrons. The molecule has 0 radical (unpaired) electrons. The Morgan fingerprint density at radius 3 is 2.46 bits per heavy atom. The van der Waals surface area contributed by atoms with E-state index >= 15 is 0 Å². The Morgan fingerprint density at radius 1 is 0.923 bits per heavy atom. The first-order chi connectivity index (χ1) is 12.7. The van der Waals surface area contributed by atoms with Crippen molar-refractivity contribution in [3.05, 3.63) is 72.3 Å². The third-order valence-electron chi connectivity index (χ3n) is 4.42. The maximum absolute atomic E-state index is 11.3. The summed E-state index contributed by atoms with van der Waals surface area (Å²) in [5, 5.41) is 12.7. The highest BCUT2D eigenvalue weighted by Crippen LogP contribution is 2.34. The number of carbonyl (C=O) groups is 1. The highest BCUT2D eigenvalue weighted by Gasteiger charge is 2.11. The lowest BCUT2D eigenvalue weighted by Gasteiger charge is -2.12. The summed E-state index contributed by atoms with van der Waals surface area (Å²) >= 11 is 0. The highest BCUT2D eigenvalue weighted by molar-refractivity contribution is 6.04. The second-order valence-electron chi connectivity index (χ2n) is 6.10. The lowest BCUT2D eigenvalue weighted by molar-refractivity contribution is -0.132. The molecule has 0 spiro atoms. The standard InChI is InChI=1S/C22H17NO3/c1-14(25)26-21-12-11-15-5-2-10-20(22(15)23-21)19-9-4-7-17-16(13-24)6-3-8-18(17)19/h2-12,24H,13H2,1H3. The van der Waals surface area contributed by atoms with E-state index in [-0.39, 0.29) is 12.5 Å². The second kappa shape index (κ2) is 6.58. The minimum absolute atomic E-state index is 0.00875. The zero-order chi connectivity index (χ0) is 18.1. The van der Waals surface area contributed by atoms with Gasteiger partial charge < -0.3 is 9.84 Å². The summed E-state index contributed by atoms with van der Waals surface area (Å²) in [6.45, 7) is 1.35. The third-order valence-corrected chi connectivity index (χ3v) is 4.42. The van der Waals surface area contributed by atoms with Gasteiger partial charge in [-0.25, -0.2) is 4.98 Å². The van der Waals surface area contributed by atoms with Gasteiger partial charge in [0.15, 0.2) is 0 Å². The number of para-hydroxylation sites is 1. The quantitative estimate of drug-likeness (QED) is 0.558. The van der Waals surface area contributed by atoms with E-state index in [1.165, 1.54) is 6.92 Å². The molecule has 1 aromatic heterocycles. The van der Waals surface area contributed by atoms with Crippen molar-refractivity contribution in [2.24, 2.45) is 0 Å². The van der Waals surface area contributed by atoms with Crippen molar-refractivity contribution < 1.29 is 14.6 Å². The predicted molar refractivity (Wildman–Crippen MR) is 102 cm³/mol. The fourth-order valence-corrected chi connectivity index (χ4v) is 3.30. The van der Waals surface area contributed by atoms with Crippen LogP contribution in [-0.2, 0) is 11.4 Å². The molecule has 4 nitrogen and oxygen atoms in total. The van der Waals surface area contributed by atoms with E-state index in [0.29, 0.717) is 0 Å². The van der Waals surface area contributed by atoms with Crippen LogP contribution >= 0.6 is 0 Å². The maximum Gasteiger partial charge on any atom is 0.309 e. The normalized spacial score (nSPS) is 11.0. The van der Waals surface area contributed by atoms with Gasteiger partial charge in [0.25, 0.3) is 0 Å². The molecular formula is C22H17NO3. The molecule has 26 heavy (non-hydrogen) atoms. The number of nitrogens with zero attached hydrogens (tertiary/aromatic N) is 1. The van der Waals surface area contributed by atoms with Gasteiger partial charge >= 0.3 is 5.97 Å². The van der Waals surface area contributed by atoms with E-state index in [1.54, 1.807) is 6.07 Å². The van der Waals surface area contributed by atoms with E-state index in [1.807, 2.05) is 60.7 Å². The predicted octanol–water partition coefficient (Wildman–Crippen LogP) is 4.47. The van der Waals surface area contributed by atoms with Crippen LogP contribution in [-0.4, -0.2) is 16.1 Å². The van der Waals surface area contributed by atoms with Crippen LogP contribution in [0.5, 0.6) is 5.88 Å². The lowest BCUT2D eigenvalue weighted by atomic mass is 9.94. The molecule has 4 aromatic rings. The number of carbonyl (C=O) groups excluding carboxylic acids is 1. The summed E-state index contributed by atoms with van der Waals surface area (Å²) < 4.78 is 5.15. The maximum atomic E-state index is 11.3. The largest absolute Gasteiger partial charge is 0.408 e. The SMILES string of the molecule is CC(=O)Oc1ccc2cccc(-c3cccc4c(CO)cccc34)c2n1. The van der Waals surface area contributed by atoms with Crippen molar-refractivity contribution in [1.29, 1.82) is 0 Å². The first-order valence-corrected chi connectivity index (χ1v) is 8.37. The third kappa shape index (κ3) is 2.80. The number of aromatic nitrogens is 1. The van der Waals surface area contributed by atoms with Crippen molar-refractivity contribution in [3.8, 4) is 17.0 Å². The Hall–Kier alpha value is -3.24. The number of fused-ring (bicyclic) bond motifs is 2. The van der Waals surface area contributed by atoms with E-state index in [2.05, 4.69) is 4.98 Å². The molecule has 0 aliphatic carbocycles. The smallest absolute Gasteiger partial charge is 0.309 e. The molecule has 1 N–H and O–H groups in total. The number of hydrogen-bond donors (Lipinski definition) is 1. The summed E-state index contributed by atoms with van der Waals surface area (Å²) in [5.74, 6) is -0.110. The number of ether oxygens (including phenoxy) is 1. The minimum Gasteiger partial charge on any atom is -0.408 e. The molecule has 1 heterocycles. The van der Waals surface area contributed by atoms with Gasteiger partial charge in [-0.05, 0) is 28.0 Å². The Morgan fingerprint density at radius 2 is 1.65 bits per heavy atom. The monoisotopic (exact) mass is 343 g/mol. The molecular weight excluding hydrogens is 326 g/mol. The molecule has 4 rings (SSSR count). The number of esters is 1. The molecule has 0 fully saturated rings. The lowest BCUT2D eigenvalue weighted by Crippen LogP contribution is -2.03. The molecule has 4 heteroatoms. The van der Waals surface area contributed by atoms with Crippen LogP contribution in [0.3, 0.4) is 0 Å². The molecule has 0 amide bonds. The van der Waals surface area contributed by atoms with Gasteiger partial charge in [-0.3, -0.25) is 4.79 Å². The van der Waals surface area contributed by atoms with Crippen molar-refractivity contribution in [2.75, 3.05) is 0 Å². The topological polar surface area (TPSA) is 59.4 Å². The number of benzene rings is 3. The molecule has 0 atom stereocenters. The summed E-state index contributed by atoms with van der Waals surface area (Å²) in [5.41, 5.74) is 3.64. The zero-order valence-corrected chi connectivity index (χ0v) is 14.3. The van der Waals surface area contributed by atoms with Crippen LogP contribution in [0.1, 0.15) is 12.5 Å². The number of pyridine rings is 1. The highest BCUT2D eigenvalue weighted by atomic mass is 16.5. The summed E-state index contributed by atoms with van der Waals surface area (Å²) in [6, 6.07) is 21.5. The van der Waals surface area contributed by atoms with Gasteiger partial charge in [0.1, 0.15) is 0 Å². The molecule has 0 bridgehead atoms. The van der Waals surface area contributed by atoms with Crippen LogP contribution in [0.2, 0.25) is 0 Å². The average Bonchev–Trinajstić information content (AvgIpc) is 2.66. The van der Waals surface area contributed by atoms with E-state index in [9.17, 15) is 9.90 Å². The van der Waals surface area contributed by atoms with Gasteiger partial charge in [0.2, 0.25) is 5.88 Å². The van der Waals surface area contributed by atoms with Gasteiger partial charge in [-0.15, -0.1) is 0 Å². The van der Waals surface area contributed by atoms with Crippen LogP contribution in [0.15, 0.2) is 66.7 Å². The average molecular weight is 343 g/mol.